The summed E-state index contributed by atoms with van der Waals surface area (Å²) in [5.74, 6) is -1.70. The zero-order valence-electron chi connectivity index (χ0n) is 14.7. The number of sulfonamides is 1. The van der Waals surface area contributed by atoms with Crippen LogP contribution in [0.1, 0.15) is 13.8 Å². The van der Waals surface area contributed by atoms with Crippen molar-refractivity contribution in [2.45, 2.75) is 29.7 Å². The van der Waals surface area contributed by atoms with Crippen LogP contribution in [-0.4, -0.2) is 26.6 Å². The second kappa shape index (κ2) is 8.66. The monoisotopic (exact) mass is 396 g/mol. The van der Waals surface area contributed by atoms with E-state index >= 15 is 0 Å². The lowest BCUT2D eigenvalue weighted by atomic mass is 10.0. The number of rotatable bonds is 7. The highest BCUT2D eigenvalue weighted by Gasteiger charge is 2.29. The topological polar surface area (TPSA) is 75.3 Å². The van der Waals surface area contributed by atoms with E-state index in [9.17, 15) is 17.6 Å². The van der Waals surface area contributed by atoms with Gasteiger partial charge in [-0.05, 0) is 48.6 Å². The van der Waals surface area contributed by atoms with Crippen molar-refractivity contribution in [3.05, 3.63) is 54.3 Å². The number of benzene rings is 2. The third-order valence-electron chi connectivity index (χ3n) is 3.71. The molecule has 2 aromatic carbocycles. The van der Waals surface area contributed by atoms with Crippen molar-refractivity contribution in [1.29, 1.82) is 0 Å². The molecule has 0 unspecified atom stereocenters. The average molecular weight is 397 g/mol. The Bertz CT molecular complexity index is 868. The molecule has 5 nitrogen and oxygen atoms in total. The highest BCUT2D eigenvalue weighted by Crippen LogP contribution is 2.19. The van der Waals surface area contributed by atoms with Crippen molar-refractivity contribution < 1.29 is 17.6 Å². The van der Waals surface area contributed by atoms with Gasteiger partial charge >= 0.3 is 0 Å². The Morgan fingerprint density at radius 3 is 2.23 bits per heavy atom. The first-order chi connectivity index (χ1) is 12.2. The Balaban J connectivity index is 2.19. The van der Waals surface area contributed by atoms with Gasteiger partial charge in [-0.1, -0.05) is 26.0 Å². The van der Waals surface area contributed by atoms with Crippen LogP contribution < -0.4 is 10.0 Å². The summed E-state index contributed by atoms with van der Waals surface area (Å²) in [6.45, 7) is 3.43. The maximum Gasteiger partial charge on any atom is 0.244 e. The van der Waals surface area contributed by atoms with Gasteiger partial charge in [0.1, 0.15) is 16.8 Å². The smallest absolute Gasteiger partial charge is 0.244 e. The van der Waals surface area contributed by atoms with Crippen LogP contribution in [0.4, 0.5) is 10.1 Å². The van der Waals surface area contributed by atoms with Gasteiger partial charge in [-0.3, -0.25) is 4.79 Å². The van der Waals surface area contributed by atoms with Crippen LogP contribution in [0.25, 0.3) is 0 Å². The number of anilines is 1. The van der Waals surface area contributed by atoms with Gasteiger partial charge in [-0.2, -0.15) is 4.72 Å². The molecule has 0 saturated heterocycles. The predicted octanol–water partition coefficient (Wildman–Crippen LogP) is 3.49. The van der Waals surface area contributed by atoms with Crippen LogP contribution in [0.2, 0.25) is 0 Å². The summed E-state index contributed by atoms with van der Waals surface area (Å²) in [6, 6.07) is 11.2. The largest absolute Gasteiger partial charge is 0.325 e. The molecule has 0 aliphatic carbocycles. The predicted molar refractivity (Wildman–Crippen MR) is 102 cm³/mol. The standard InChI is InChI=1S/C18H21FN2O3S2/c1-12(2)17(18(22)20-13-8-10-14(25-3)11-9-13)21-26(23,24)16-7-5-4-6-15(16)19/h4-12,17,21H,1-3H3,(H,20,22)/t17-/m0/s1. The molecule has 2 rings (SSSR count). The molecule has 0 fully saturated rings. The van der Waals surface area contributed by atoms with E-state index < -0.39 is 32.7 Å². The van der Waals surface area contributed by atoms with E-state index in [0.29, 0.717) is 5.69 Å². The third-order valence-corrected chi connectivity index (χ3v) is 5.93. The second-order valence-electron chi connectivity index (χ2n) is 5.99. The van der Waals surface area contributed by atoms with Crippen LogP contribution in [0.5, 0.6) is 0 Å². The maximum absolute atomic E-state index is 13.8. The van der Waals surface area contributed by atoms with E-state index in [1.165, 1.54) is 12.1 Å². The molecule has 2 aromatic rings. The van der Waals surface area contributed by atoms with Crippen molar-refractivity contribution in [3.8, 4) is 0 Å². The van der Waals surface area contributed by atoms with Gasteiger partial charge in [-0.25, -0.2) is 12.8 Å². The van der Waals surface area contributed by atoms with Crippen LogP contribution >= 0.6 is 11.8 Å². The van der Waals surface area contributed by atoms with Crippen molar-refractivity contribution in [3.63, 3.8) is 0 Å². The number of carbonyl (C=O) groups excluding carboxylic acids is 1. The number of amides is 1. The zero-order chi connectivity index (χ0) is 19.3. The lowest BCUT2D eigenvalue weighted by Gasteiger charge is -2.22. The molecule has 0 aromatic heterocycles. The molecule has 0 aliphatic rings. The summed E-state index contributed by atoms with van der Waals surface area (Å²) in [5.41, 5.74) is 0.559. The fourth-order valence-corrected chi connectivity index (χ4v) is 4.11. The van der Waals surface area contributed by atoms with Crippen LogP contribution in [0.3, 0.4) is 0 Å². The molecule has 1 atom stereocenters. The first-order valence-electron chi connectivity index (χ1n) is 7.96. The molecule has 0 saturated carbocycles. The molecule has 1 amide bonds. The Hall–Kier alpha value is -1.90. The first-order valence-corrected chi connectivity index (χ1v) is 10.7. The summed E-state index contributed by atoms with van der Waals surface area (Å²) in [6.07, 6.45) is 1.94. The summed E-state index contributed by atoms with van der Waals surface area (Å²) < 4.78 is 41.1. The summed E-state index contributed by atoms with van der Waals surface area (Å²) >= 11 is 1.57. The quantitative estimate of drug-likeness (QED) is 0.703. The molecule has 0 bridgehead atoms. The third kappa shape index (κ3) is 5.06. The highest BCUT2D eigenvalue weighted by molar-refractivity contribution is 7.98. The molecular weight excluding hydrogens is 375 g/mol. The van der Waals surface area contributed by atoms with Crippen LogP contribution in [0, 0.1) is 11.7 Å². The normalized spacial score (nSPS) is 12.8. The van der Waals surface area contributed by atoms with Gasteiger partial charge in [0.15, 0.2) is 0 Å². The van der Waals surface area contributed by atoms with E-state index in [1.807, 2.05) is 18.4 Å². The minimum absolute atomic E-state index is 0.331. The Morgan fingerprint density at radius 2 is 1.69 bits per heavy atom. The highest BCUT2D eigenvalue weighted by atomic mass is 32.2. The molecule has 140 valence electrons. The fourth-order valence-electron chi connectivity index (χ4n) is 2.28. The van der Waals surface area contributed by atoms with E-state index in [0.717, 1.165) is 17.0 Å². The van der Waals surface area contributed by atoms with Crippen molar-refractivity contribution in [2.24, 2.45) is 5.92 Å². The number of halogens is 1. The van der Waals surface area contributed by atoms with E-state index in [2.05, 4.69) is 10.0 Å². The van der Waals surface area contributed by atoms with Gasteiger partial charge in [0.2, 0.25) is 15.9 Å². The van der Waals surface area contributed by atoms with Gasteiger partial charge in [0, 0.05) is 10.6 Å². The molecule has 0 spiro atoms. The van der Waals surface area contributed by atoms with Gasteiger partial charge in [0.25, 0.3) is 0 Å². The minimum atomic E-state index is -4.17. The van der Waals surface area contributed by atoms with Gasteiger partial charge < -0.3 is 5.32 Å². The zero-order valence-corrected chi connectivity index (χ0v) is 16.3. The van der Waals surface area contributed by atoms with Gasteiger partial charge in [0.05, 0.1) is 0 Å². The summed E-state index contributed by atoms with van der Waals surface area (Å²) in [4.78, 5) is 13.1. The minimum Gasteiger partial charge on any atom is -0.325 e. The second-order valence-corrected chi connectivity index (χ2v) is 8.55. The number of thioether (sulfide) groups is 1. The number of hydrogen-bond donors (Lipinski definition) is 2. The fraction of sp³-hybridized carbons (Fsp3) is 0.278. The summed E-state index contributed by atoms with van der Waals surface area (Å²) in [5, 5.41) is 2.69. The van der Waals surface area contributed by atoms with E-state index in [1.54, 1.807) is 37.7 Å². The van der Waals surface area contributed by atoms with E-state index in [-0.39, 0.29) is 5.92 Å². The molecule has 0 heterocycles. The Morgan fingerprint density at radius 1 is 1.08 bits per heavy atom. The average Bonchev–Trinajstić information content (AvgIpc) is 2.60. The first kappa shape index (κ1) is 20.4. The molecule has 2 N–H and O–H groups in total. The lowest BCUT2D eigenvalue weighted by molar-refractivity contribution is -0.118. The van der Waals surface area contributed by atoms with Crippen molar-refractivity contribution in [2.75, 3.05) is 11.6 Å². The number of hydrogen-bond acceptors (Lipinski definition) is 4. The molecule has 0 aliphatic heterocycles. The number of carbonyl (C=O) groups is 1. The van der Waals surface area contributed by atoms with Gasteiger partial charge in [-0.15, -0.1) is 11.8 Å². The van der Waals surface area contributed by atoms with Crippen LogP contribution in [-0.2, 0) is 14.8 Å². The Labute approximate surface area is 157 Å². The Kier molecular flexibility index (Phi) is 6.80. The maximum atomic E-state index is 13.8. The van der Waals surface area contributed by atoms with Crippen LogP contribution in [0.15, 0.2) is 58.3 Å². The van der Waals surface area contributed by atoms with Crippen molar-refractivity contribution in [1.82, 2.24) is 4.72 Å². The van der Waals surface area contributed by atoms with E-state index in [4.69, 9.17) is 0 Å². The van der Waals surface area contributed by atoms with Crippen molar-refractivity contribution >= 4 is 33.4 Å². The molecular formula is C18H21FN2O3S2. The lowest BCUT2D eigenvalue weighted by Crippen LogP contribution is -2.47. The number of nitrogens with one attached hydrogen (secondary N) is 2. The molecule has 26 heavy (non-hydrogen) atoms. The molecule has 8 heteroatoms. The SMILES string of the molecule is CSc1ccc(NC(=O)[C@@H](NS(=O)(=O)c2ccccc2F)C(C)C)cc1. The molecule has 0 radical (unpaired) electrons. The summed E-state index contributed by atoms with van der Waals surface area (Å²) in [7, 11) is -4.17.